The van der Waals surface area contributed by atoms with Gasteiger partial charge in [-0.1, -0.05) is 31.0 Å². The summed E-state index contributed by atoms with van der Waals surface area (Å²) in [4.78, 5) is 14.4. The minimum atomic E-state index is -0.439. The van der Waals surface area contributed by atoms with Crippen LogP contribution in [0, 0.1) is 5.82 Å². The number of hydrogen-bond donors (Lipinski definition) is 1. The molecule has 0 bridgehead atoms. The van der Waals surface area contributed by atoms with Crippen LogP contribution >= 0.6 is 11.6 Å². The number of carbonyl (C=O) groups excluding carboxylic acids is 1. The van der Waals surface area contributed by atoms with Gasteiger partial charge < -0.3 is 5.32 Å². The molecule has 1 aromatic carbocycles. The van der Waals surface area contributed by atoms with E-state index in [1.807, 2.05) is 0 Å². The molecule has 1 aromatic rings. The molecule has 1 heterocycles. The minimum absolute atomic E-state index is 0.0373. The number of carbonyl (C=O) groups is 1. The maximum Gasteiger partial charge on any atom is 0.237 e. The van der Waals surface area contributed by atoms with E-state index < -0.39 is 5.82 Å². The Labute approximate surface area is 124 Å². The van der Waals surface area contributed by atoms with Gasteiger partial charge in [-0.15, -0.1) is 0 Å². The van der Waals surface area contributed by atoms with Crippen molar-refractivity contribution in [3.63, 3.8) is 0 Å². The van der Waals surface area contributed by atoms with Gasteiger partial charge in [0, 0.05) is 6.54 Å². The summed E-state index contributed by atoms with van der Waals surface area (Å²) < 4.78 is 13.1. The lowest BCUT2D eigenvalue weighted by molar-refractivity contribution is -0.127. The second-order valence-electron chi connectivity index (χ2n) is 5.11. The molecule has 5 heteroatoms. The van der Waals surface area contributed by atoms with Crippen molar-refractivity contribution < 1.29 is 9.18 Å². The summed E-state index contributed by atoms with van der Waals surface area (Å²) in [5, 5.41) is 3.01. The summed E-state index contributed by atoms with van der Waals surface area (Å²) >= 11 is 5.73. The molecule has 1 unspecified atom stereocenters. The van der Waals surface area contributed by atoms with Gasteiger partial charge in [0.15, 0.2) is 0 Å². The number of likely N-dealkylation sites (tertiary alicyclic amines) is 1. The number of likely N-dealkylation sites (N-methyl/N-ethyl adjacent to an activating group) is 1. The molecule has 1 saturated heterocycles. The summed E-state index contributed by atoms with van der Waals surface area (Å²) in [6, 6.07) is 4.47. The lowest BCUT2D eigenvalue weighted by Crippen LogP contribution is -2.49. The third kappa shape index (κ3) is 3.70. The smallest absolute Gasteiger partial charge is 0.237 e. The van der Waals surface area contributed by atoms with Crippen LogP contribution in [0.4, 0.5) is 4.39 Å². The quantitative estimate of drug-likeness (QED) is 0.927. The average Bonchev–Trinajstić information content (AvgIpc) is 2.48. The summed E-state index contributed by atoms with van der Waals surface area (Å²) in [5.74, 6) is -0.391. The highest BCUT2D eigenvalue weighted by Gasteiger charge is 2.27. The van der Waals surface area contributed by atoms with Crippen LogP contribution in [0.1, 0.15) is 31.7 Å². The summed E-state index contributed by atoms with van der Waals surface area (Å²) in [6.07, 6.45) is 3.16. The van der Waals surface area contributed by atoms with Gasteiger partial charge in [0.2, 0.25) is 5.91 Å². The summed E-state index contributed by atoms with van der Waals surface area (Å²) in [6.45, 7) is 4.33. The van der Waals surface area contributed by atoms with E-state index in [9.17, 15) is 9.18 Å². The molecule has 0 aromatic heterocycles. The number of benzene rings is 1. The van der Waals surface area contributed by atoms with Crippen LogP contribution in [0.15, 0.2) is 18.2 Å². The van der Waals surface area contributed by atoms with E-state index in [2.05, 4.69) is 17.1 Å². The SMILES string of the molecule is CCN1CCCCC1C(=O)NCc1ccc(F)c(Cl)c1. The molecule has 3 nitrogen and oxygen atoms in total. The van der Waals surface area contributed by atoms with E-state index in [0.29, 0.717) is 6.54 Å². The van der Waals surface area contributed by atoms with Gasteiger partial charge in [0.05, 0.1) is 11.1 Å². The first-order valence-electron chi connectivity index (χ1n) is 7.07. The normalized spacial score (nSPS) is 19.9. The molecule has 1 aliphatic rings. The monoisotopic (exact) mass is 298 g/mol. The molecule has 20 heavy (non-hydrogen) atoms. The lowest BCUT2D eigenvalue weighted by Gasteiger charge is -2.33. The van der Waals surface area contributed by atoms with Crippen LogP contribution in [0.5, 0.6) is 0 Å². The maximum atomic E-state index is 13.1. The van der Waals surface area contributed by atoms with E-state index in [-0.39, 0.29) is 17.0 Å². The Bertz CT molecular complexity index is 481. The second-order valence-corrected chi connectivity index (χ2v) is 5.51. The molecule has 0 radical (unpaired) electrons. The Kier molecular flexibility index (Phi) is 5.38. The van der Waals surface area contributed by atoms with Crippen molar-refractivity contribution in [2.24, 2.45) is 0 Å². The van der Waals surface area contributed by atoms with Crippen molar-refractivity contribution >= 4 is 17.5 Å². The topological polar surface area (TPSA) is 32.3 Å². The largest absolute Gasteiger partial charge is 0.351 e. The van der Waals surface area contributed by atoms with Gasteiger partial charge in [-0.3, -0.25) is 9.69 Å². The van der Waals surface area contributed by atoms with Gasteiger partial charge in [0.25, 0.3) is 0 Å². The zero-order valence-electron chi connectivity index (χ0n) is 11.7. The Balaban J connectivity index is 1.92. The van der Waals surface area contributed by atoms with Crippen LogP contribution in [0.3, 0.4) is 0 Å². The number of halogens is 2. The van der Waals surface area contributed by atoms with Crippen molar-refractivity contribution in [1.29, 1.82) is 0 Å². The van der Waals surface area contributed by atoms with Crippen molar-refractivity contribution in [3.05, 3.63) is 34.6 Å². The maximum absolute atomic E-state index is 13.1. The molecule has 110 valence electrons. The van der Waals surface area contributed by atoms with Gasteiger partial charge >= 0.3 is 0 Å². The zero-order chi connectivity index (χ0) is 14.5. The van der Waals surface area contributed by atoms with Crippen molar-refractivity contribution in [1.82, 2.24) is 10.2 Å². The predicted octanol–water partition coefficient (Wildman–Crippen LogP) is 2.97. The first-order valence-corrected chi connectivity index (χ1v) is 7.45. The molecule has 1 amide bonds. The molecule has 1 fully saturated rings. The van der Waals surface area contributed by atoms with E-state index in [1.54, 1.807) is 12.1 Å². The number of hydrogen-bond acceptors (Lipinski definition) is 2. The van der Waals surface area contributed by atoms with E-state index in [1.165, 1.54) is 6.07 Å². The average molecular weight is 299 g/mol. The molecular formula is C15H20ClFN2O. The lowest BCUT2D eigenvalue weighted by atomic mass is 10.0. The number of nitrogens with one attached hydrogen (secondary N) is 1. The van der Waals surface area contributed by atoms with E-state index >= 15 is 0 Å². The van der Waals surface area contributed by atoms with Gasteiger partial charge in [0.1, 0.15) is 5.82 Å². The third-order valence-electron chi connectivity index (χ3n) is 3.77. The number of piperidine rings is 1. The zero-order valence-corrected chi connectivity index (χ0v) is 12.4. The first-order chi connectivity index (χ1) is 9.61. The Morgan fingerprint density at radius 2 is 2.30 bits per heavy atom. The van der Waals surface area contributed by atoms with Crippen molar-refractivity contribution in [2.45, 2.75) is 38.8 Å². The third-order valence-corrected chi connectivity index (χ3v) is 4.06. The van der Waals surface area contributed by atoms with E-state index in [0.717, 1.165) is 37.9 Å². The summed E-state index contributed by atoms with van der Waals surface area (Å²) in [5.41, 5.74) is 0.809. The fourth-order valence-electron chi connectivity index (χ4n) is 2.62. The van der Waals surface area contributed by atoms with E-state index in [4.69, 9.17) is 11.6 Å². The number of rotatable bonds is 4. The Morgan fingerprint density at radius 1 is 1.50 bits per heavy atom. The van der Waals surface area contributed by atoms with Crippen LogP contribution in [-0.2, 0) is 11.3 Å². The van der Waals surface area contributed by atoms with Crippen LogP contribution in [0.2, 0.25) is 5.02 Å². The molecule has 1 atom stereocenters. The molecule has 1 aliphatic heterocycles. The molecule has 0 saturated carbocycles. The fraction of sp³-hybridized carbons (Fsp3) is 0.533. The molecule has 0 aliphatic carbocycles. The minimum Gasteiger partial charge on any atom is -0.351 e. The van der Waals surface area contributed by atoms with Crippen LogP contribution in [-0.4, -0.2) is 29.9 Å². The predicted molar refractivity (Wildman–Crippen MR) is 78.1 cm³/mol. The Morgan fingerprint density at radius 3 is 3.00 bits per heavy atom. The standard InChI is InChI=1S/C15H20ClFN2O/c1-2-19-8-4-3-5-14(19)15(20)18-10-11-6-7-13(17)12(16)9-11/h6-7,9,14H,2-5,8,10H2,1H3,(H,18,20). The molecular weight excluding hydrogens is 279 g/mol. The number of nitrogens with zero attached hydrogens (tertiary/aromatic N) is 1. The van der Waals surface area contributed by atoms with Gasteiger partial charge in [-0.2, -0.15) is 0 Å². The van der Waals surface area contributed by atoms with Crippen molar-refractivity contribution in [2.75, 3.05) is 13.1 Å². The first kappa shape index (κ1) is 15.3. The molecule has 2 rings (SSSR count). The second kappa shape index (κ2) is 7.04. The van der Waals surface area contributed by atoms with Crippen LogP contribution in [0.25, 0.3) is 0 Å². The van der Waals surface area contributed by atoms with Crippen molar-refractivity contribution in [3.8, 4) is 0 Å². The highest BCUT2D eigenvalue weighted by atomic mass is 35.5. The van der Waals surface area contributed by atoms with Crippen LogP contribution < -0.4 is 5.32 Å². The van der Waals surface area contributed by atoms with Gasteiger partial charge in [-0.25, -0.2) is 4.39 Å². The number of amides is 1. The molecule has 1 N–H and O–H groups in total. The Hall–Kier alpha value is -1.13. The van der Waals surface area contributed by atoms with Gasteiger partial charge in [-0.05, 0) is 43.6 Å². The highest BCUT2D eigenvalue weighted by Crippen LogP contribution is 2.18. The highest BCUT2D eigenvalue weighted by molar-refractivity contribution is 6.30. The summed E-state index contributed by atoms with van der Waals surface area (Å²) in [7, 11) is 0. The molecule has 0 spiro atoms. The fourth-order valence-corrected chi connectivity index (χ4v) is 2.83.